The molecule has 2 aromatic heterocycles. The first-order chi connectivity index (χ1) is 8.24. The van der Waals surface area contributed by atoms with Gasteiger partial charge in [-0.3, -0.25) is 0 Å². The summed E-state index contributed by atoms with van der Waals surface area (Å²) in [6.07, 6.45) is 1.71. The van der Waals surface area contributed by atoms with Gasteiger partial charge in [-0.2, -0.15) is 0 Å². The number of hydrogen-bond donors (Lipinski definition) is 2. The van der Waals surface area contributed by atoms with Crippen molar-refractivity contribution in [2.75, 3.05) is 5.32 Å². The topological polar surface area (TPSA) is 50.1 Å². The molecule has 0 saturated heterocycles. The lowest BCUT2D eigenvalue weighted by molar-refractivity contribution is 0.478. The second-order valence-electron chi connectivity index (χ2n) is 3.54. The van der Waals surface area contributed by atoms with Crippen LogP contribution in [-0.2, 0) is 6.54 Å². The van der Waals surface area contributed by atoms with E-state index in [1.807, 2.05) is 37.3 Å². The first kappa shape index (κ1) is 11.6. The van der Waals surface area contributed by atoms with E-state index in [0.717, 1.165) is 17.3 Å². The predicted octanol–water partition coefficient (Wildman–Crippen LogP) is 2.47. The quantitative estimate of drug-likeness (QED) is 0.816. The average molecular weight is 247 g/mol. The Morgan fingerprint density at radius 2 is 2.24 bits per heavy atom. The minimum atomic E-state index is 0.526. The van der Waals surface area contributed by atoms with E-state index in [0.29, 0.717) is 11.7 Å². The summed E-state index contributed by atoms with van der Waals surface area (Å²) >= 11 is 5.14. The Morgan fingerprint density at radius 1 is 1.35 bits per heavy atom. The fourth-order valence-corrected chi connectivity index (χ4v) is 1.52. The van der Waals surface area contributed by atoms with Crippen LogP contribution in [0.1, 0.15) is 11.5 Å². The largest absolute Gasteiger partial charge is 0.465 e. The van der Waals surface area contributed by atoms with Crippen LogP contribution in [0.15, 0.2) is 40.9 Å². The van der Waals surface area contributed by atoms with E-state index in [2.05, 4.69) is 15.6 Å². The number of anilines is 1. The summed E-state index contributed by atoms with van der Waals surface area (Å²) in [6.45, 7) is 2.47. The van der Waals surface area contributed by atoms with Crippen LogP contribution < -0.4 is 10.6 Å². The summed E-state index contributed by atoms with van der Waals surface area (Å²) in [5.74, 6) is 2.47. The zero-order valence-corrected chi connectivity index (χ0v) is 10.3. The number of nitrogens with one attached hydrogen (secondary N) is 2. The predicted molar refractivity (Wildman–Crippen MR) is 70.7 cm³/mol. The summed E-state index contributed by atoms with van der Waals surface area (Å²) in [4.78, 5) is 4.12. The lowest BCUT2D eigenvalue weighted by Gasteiger charge is -2.08. The molecule has 17 heavy (non-hydrogen) atoms. The monoisotopic (exact) mass is 247 g/mol. The minimum Gasteiger partial charge on any atom is -0.465 e. The highest BCUT2D eigenvalue weighted by Crippen LogP contribution is 2.05. The number of rotatable bonds is 3. The normalized spacial score (nSPS) is 9.94. The Labute approximate surface area is 105 Å². The molecule has 0 unspecified atom stereocenters. The summed E-state index contributed by atoms with van der Waals surface area (Å²) in [5.41, 5.74) is 0. The van der Waals surface area contributed by atoms with Gasteiger partial charge in [-0.1, -0.05) is 6.07 Å². The number of hydrogen-bond acceptors (Lipinski definition) is 3. The molecule has 0 radical (unpaired) electrons. The van der Waals surface area contributed by atoms with Gasteiger partial charge in [0, 0.05) is 6.20 Å². The smallest absolute Gasteiger partial charge is 0.172 e. The van der Waals surface area contributed by atoms with E-state index in [1.54, 1.807) is 6.20 Å². The third kappa shape index (κ3) is 3.57. The summed E-state index contributed by atoms with van der Waals surface area (Å²) in [7, 11) is 0. The molecule has 0 bridgehead atoms. The third-order valence-corrected chi connectivity index (χ3v) is 2.37. The summed E-state index contributed by atoms with van der Waals surface area (Å²) in [6, 6.07) is 9.45. The molecule has 0 aliphatic rings. The molecule has 0 amide bonds. The highest BCUT2D eigenvalue weighted by Gasteiger charge is 2.01. The van der Waals surface area contributed by atoms with Crippen LogP contribution in [0.2, 0.25) is 0 Å². The first-order valence-corrected chi connectivity index (χ1v) is 5.66. The van der Waals surface area contributed by atoms with Crippen LogP contribution in [0.25, 0.3) is 0 Å². The molecule has 0 saturated carbocycles. The van der Waals surface area contributed by atoms with E-state index in [4.69, 9.17) is 16.6 Å². The van der Waals surface area contributed by atoms with E-state index in [1.165, 1.54) is 0 Å². The summed E-state index contributed by atoms with van der Waals surface area (Å²) < 4.78 is 5.42. The molecule has 4 nitrogen and oxygen atoms in total. The summed E-state index contributed by atoms with van der Waals surface area (Å²) in [5, 5.41) is 6.56. The van der Waals surface area contributed by atoms with Crippen molar-refractivity contribution >= 4 is 23.1 Å². The Kier molecular flexibility index (Phi) is 3.72. The number of furan rings is 1. The third-order valence-electron chi connectivity index (χ3n) is 2.13. The first-order valence-electron chi connectivity index (χ1n) is 5.25. The van der Waals surface area contributed by atoms with Crippen LogP contribution in [0, 0.1) is 6.92 Å². The Hall–Kier alpha value is -1.88. The standard InChI is InChI=1S/C12H13N3OS/c1-9-5-6-10(16-9)8-14-12(17)15-11-4-2-3-7-13-11/h2-7H,8H2,1H3,(H2,13,14,15,17). The lowest BCUT2D eigenvalue weighted by Crippen LogP contribution is -2.28. The minimum absolute atomic E-state index is 0.526. The molecule has 2 aromatic rings. The maximum atomic E-state index is 5.42. The van der Waals surface area contributed by atoms with Crippen LogP contribution in [0.4, 0.5) is 5.82 Å². The van der Waals surface area contributed by atoms with Crippen molar-refractivity contribution in [3.63, 3.8) is 0 Å². The number of aryl methyl sites for hydroxylation is 1. The average Bonchev–Trinajstić information content (AvgIpc) is 2.74. The van der Waals surface area contributed by atoms with Gasteiger partial charge in [-0.05, 0) is 43.4 Å². The second kappa shape index (κ2) is 5.45. The van der Waals surface area contributed by atoms with Crippen LogP contribution in [0.3, 0.4) is 0 Å². The molecule has 0 spiro atoms. The van der Waals surface area contributed by atoms with E-state index < -0.39 is 0 Å². The van der Waals surface area contributed by atoms with Gasteiger partial charge in [0.05, 0.1) is 6.54 Å². The molecular formula is C12H13N3OS. The number of nitrogens with zero attached hydrogens (tertiary/aromatic N) is 1. The van der Waals surface area contributed by atoms with Crippen molar-refractivity contribution in [3.8, 4) is 0 Å². The fourth-order valence-electron chi connectivity index (χ4n) is 1.34. The van der Waals surface area contributed by atoms with Crippen LogP contribution in [0.5, 0.6) is 0 Å². The molecule has 2 heterocycles. The molecule has 88 valence electrons. The molecule has 2 rings (SSSR count). The van der Waals surface area contributed by atoms with Crippen molar-refractivity contribution in [2.45, 2.75) is 13.5 Å². The fraction of sp³-hybridized carbons (Fsp3) is 0.167. The van der Waals surface area contributed by atoms with Crippen LogP contribution >= 0.6 is 12.2 Å². The molecule has 2 N–H and O–H groups in total. The van der Waals surface area contributed by atoms with E-state index in [-0.39, 0.29) is 0 Å². The number of thiocarbonyl (C=S) groups is 1. The van der Waals surface area contributed by atoms with E-state index in [9.17, 15) is 0 Å². The van der Waals surface area contributed by atoms with Gasteiger partial charge in [0.2, 0.25) is 0 Å². The van der Waals surface area contributed by atoms with Crippen molar-refractivity contribution in [3.05, 3.63) is 48.0 Å². The van der Waals surface area contributed by atoms with Gasteiger partial charge in [-0.25, -0.2) is 4.98 Å². The van der Waals surface area contributed by atoms with Crippen molar-refractivity contribution in [1.82, 2.24) is 10.3 Å². The highest BCUT2D eigenvalue weighted by atomic mass is 32.1. The second-order valence-corrected chi connectivity index (χ2v) is 3.94. The SMILES string of the molecule is Cc1ccc(CNC(=S)Nc2ccccn2)o1. The molecule has 0 fully saturated rings. The van der Waals surface area contributed by atoms with Gasteiger partial charge in [0.25, 0.3) is 0 Å². The van der Waals surface area contributed by atoms with Crippen LogP contribution in [-0.4, -0.2) is 10.1 Å². The van der Waals surface area contributed by atoms with Crippen molar-refractivity contribution in [2.24, 2.45) is 0 Å². The highest BCUT2D eigenvalue weighted by molar-refractivity contribution is 7.80. The molecular weight excluding hydrogens is 234 g/mol. The van der Waals surface area contributed by atoms with Crippen molar-refractivity contribution in [1.29, 1.82) is 0 Å². The zero-order valence-electron chi connectivity index (χ0n) is 9.43. The van der Waals surface area contributed by atoms with Gasteiger partial charge in [0.15, 0.2) is 5.11 Å². The zero-order chi connectivity index (χ0) is 12.1. The maximum absolute atomic E-state index is 5.42. The Morgan fingerprint density at radius 3 is 2.88 bits per heavy atom. The molecule has 0 aliphatic carbocycles. The lowest BCUT2D eigenvalue weighted by atomic mass is 10.4. The molecule has 0 aliphatic heterocycles. The van der Waals surface area contributed by atoms with Gasteiger partial charge in [-0.15, -0.1) is 0 Å². The van der Waals surface area contributed by atoms with Gasteiger partial charge < -0.3 is 15.1 Å². The molecule has 0 aromatic carbocycles. The number of aromatic nitrogens is 1. The Balaban J connectivity index is 1.82. The molecule has 5 heteroatoms. The van der Waals surface area contributed by atoms with E-state index >= 15 is 0 Å². The molecule has 0 atom stereocenters. The number of pyridine rings is 1. The Bertz CT molecular complexity index is 495. The maximum Gasteiger partial charge on any atom is 0.172 e. The van der Waals surface area contributed by atoms with Gasteiger partial charge in [0.1, 0.15) is 17.3 Å². The van der Waals surface area contributed by atoms with Crippen molar-refractivity contribution < 1.29 is 4.42 Å². The van der Waals surface area contributed by atoms with Gasteiger partial charge >= 0.3 is 0 Å².